The number of nitrogens with two attached hydrogens (primary N) is 1. The Morgan fingerprint density at radius 3 is 2.90 bits per heavy atom. The summed E-state index contributed by atoms with van der Waals surface area (Å²) in [5.74, 6) is 1.36. The molecule has 1 aliphatic rings. The Kier molecular flexibility index (Phi) is 4.84. The molecule has 0 unspecified atom stereocenters. The van der Waals surface area contributed by atoms with Gasteiger partial charge < -0.3 is 20.1 Å². The predicted molar refractivity (Wildman–Crippen MR) is 76.9 cm³/mol. The fourth-order valence-corrected chi connectivity index (χ4v) is 2.50. The average Bonchev–Trinajstić information content (AvgIpc) is 2.45. The lowest BCUT2D eigenvalue weighted by Crippen LogP contribution is -2.49. The Balaban J connectivity index is 1.88. The van der Waals surface area contributed by atoms with Gasteiger partial charge in [-0.2, -0.15) is 0 Å². The zero-order valence-corrected chi connectivity index (χ0v) is 12.0. The SMILES string of the molecule is COc1cccc(OCC(=O)N2CC[C@@H](N)C[C@H]2C)c1. The first kappa shape index (κ1) is 14.7. The molecular formula is C15H22N2O3. The highest BCUT2D eigenvalue weighted by Gasteiger charge is 2.27. The zero-order valence-electron chi connectivity index (χ0n) is 12.0. The monoisotopic (exact) mass is 278 g/mol. The van der Waals surface area contributed by atoms with Crippen molar-refractivity contribution in [2.75, 3.05) is 20.3 Å². The van der Waals surface area contributed by atoms with Crippen molar-refractivity contribution in [3.05, 3.63) is 24.3 Å². The van der Waals surface area contributed by atoms with Gasteiger partial charge in [0.1, 0.15) is 11.5 Å². The number of nitrogens with zero attached hydrogens (tertiary/aromatic N) is 1. The maximum atomic E-state index is 12.2. The molecule has 1 aliphatic heterocycles. The smallest absolute Gasteiger partial charge is 0.260 e. The molecule has 2 atom stereocenters. The third-order valence-electron chi connectivity index (χ3n) is 3.64. The van der Waals surface area contributed by atoms with E-state index in [1.54, 1.807) is 13.2 Å². The van der Waals surface area contributed by atoms with Crippen molar-refractivity contribution in [2.24, 2.45) is 5.73 Å². The molecule has 20 heavy (non-hydrogen) atoms. The van der Waals surface area contributed by atoms with Crippen LogP contribution in [0.3, 0.4) is 0 Å². The van der Waals surface area contributed by atoms with Crippen LogP contribution in [-0.2, 0) is 4.79 Å². The van der Waals surface area contributed by atoms with E-state index in [1.165, 1.54) is 0 Å². The molecule has 0 saturated carbocycles. The molecule has 1 aromatic carbocycles. The first-order valence-electron chi connectivity index (χ1n) is 6.92. The number of carbonyl (C=O) groups excluding carboxylic acids is 1. The number of piperidine rings is 1. The van der Waals surface area contributed by atoms with Crippen molar-refractivity contribution >= 4 is 5.91 Å². The highest BCUT2D eigenvalue weighted by atomic mass is 16.5. The van der Waals surface area contributed by atoms with Crippen LogP contribution in [0.2, 0.25) is 0 Å². The molecule has 1 amide bonds. The van der Waals surface area contributed by atoms with E-state index in [0.29, 0.717) is 18.0 Å². The molecule has 0 aliphatic carbocycles. The minimum absolute atomic E-state index is 0.00669. The molecule has 2 rings (SSSR count). The van der Waals surface area contributed by atoms with Crippen molar-refractivity contribution in [3.63, 3.8) is 0 Å². The number of hydrogen-bond acceptors (Lipinski definition) is 4. The molecule has 0 spiro atoms. The fraction of sp³-hybridized carbons (Fsp3) is 0.533. The molecule has 2 N–H and O–H groups in total. The van der Waals surface area contributed by atoms with Crippen LogP contribution >= 0.6 is 0 Å². The predicted octanol–water partition coefficient (Wildman–Crippen LogP) is 1.41. The van der Waals surface area contributed by atoms with Crippen LogP contribution in [0.25, 0.3) is 0 Å². The lowest BCUT2D eigenvalue weighted by atomic mass is 9.99. The van der Waals surface area contributed by atoms with E-state index in [4.69, 9.17) is 15.2 Å². The maximum absolute atomic E-state index is 12.2. The van der Waals surface area contributed by atoms with Gasteiger partial charge in [0.15, 0.2) is 6.61 Å². The summed E-state index contributed by atoms with van der Waals surface area (Å²) in [5.41, 5.74) is 5.90. The first-order chi connectivity index (χ1) is 9.60. The number of benzene rings is 1. The number of amides is 1. The normalized spacial score (nSPS) is 22.4. The molecule has 1 fully saturated rings. The van der Waals surface area contributed by atoms with E-state index in [0.717, 1.165) is 12.8 Å². The number of rotatable bonds is 4. The molecular weight excluding hydrogens is 256 g/mol. The van der Waals surface area contributed by atoms with E-state index in [2.05, 4.69) is 0 Å². The highest BCUT2D eigenvalue weighted by molar-refractivity contribution is 5.78. The quantitative estimate of drug-likeness (QED) is 0.904. The number of hydrogen-bond donors (Lipinski definition) is 1. The third-order valence-corrected chi connectivity index (χ3v) is 3.64. The summed E-state index contributed by atoms with van der Waals surface area (Å²) >= 11 is 0. The van der Waals surface area contributed by atoms with E-state index < -0.39 is 0 Å². The van der Waals surface area contributed by atoms with Crippen LogP contribution in [0.1, 0.15) is 19.8 Å². The van der Waals surface area contributed by atoms with Crippen molar-refractivity contribution in [3.8, 4) is 11.5 Å². The lowest BCUT2D eigenvalue weighted by Gasteiger charge is -2.36. The van der Waals surface area contributed by atoms with E-state index >= 15 is 0 Å². The minimum Gasteiger partial charge on any atom is -0.497 e. The van der Waals surface area contributed by atoms with Crippen LogP contribution in [-0.4, -0.2) is 43.2 Å². The van der Waals surface area contributed by atoms with Gasteiger partial charge in [0.05, 0.1) is 7.11 Å². The van der Waals surface area contributed by atoms with Crippen LogP contribution in [0, 0.1) is 0 Å². The standard InChI is InChI=1S/C15H22N2O3/c1-11-8-12(16)6-7-17(11)15(18)10-20-14-5-3-4-13(9-14)19-2/h3-5,9,11-12H,6-8,10,16H2,1-2H3/t11-,12-/m1/s1. The van der Waals surface area contributed by atoms with Crippen LogP contribution in [0.15, 0.2) is 24.3 Å². The molecule has 110 valence electrons. The van der Waals surface area contributed by atoms with Gasteiger partial charge in [0.2, 0.25) is 0 Å². The summed E-state index contributed by atoms with van der Waals surface area (Å²) in [5, 5.41) is 0. The van der Waals surface area contributed by atoms with E-state index in [1.807, 2.05) is 30.0 Å². The summed E-state index contributed by atoms with van der Waals surface area (Å²) in [7, 11) is 1.60. The van der Waals surface area contributed by atoms with E-state index in [-0.39, 0.29) is 24.6 Å². The van der Waals surface area contributed by atoms with E-state index in [9.17, 15) is 4.79 Å². The minimum atomic E-state index is 0.00669. The summed E-state index contributed by atoms with van der Waals surface area (Å²) in [4.78, 5) is 14.0. The van der Waals surface area contributed by atoms with Gasteiger partial charge in [-0.1, -0.05) is 6.07 Å². The van der Waals surface area contributed by atoms with Gasteiger partial charge in [-0.3, -0.25) is 4.79 Å². The van der Waals surface area contributed by atoms with Crippen molar-refractivity contribution in [2.45, 2.75) is 31.8 Å². The van der Waals surface area contributed by atoms with Crippen LogP contribution < -0.4 is 15.2 Å². The molecule has 1 aromatic rings. The van der Waals surface area contributed by atoms with Gasteiger partial charge in [-0.25, -0.2) is 0 Å². The van der Waals surface area contributed by atoms with Gasteiger partial charge in [-0.15, -0.1) is 0 Å². The molecule has 0 aromatic heterocycles. The van der Waals surface area contributed by atoms with Crippen LogP contribution in [0.4, 0.5) is 0 Å². The molecule has 1 saturated heterocycles. The maximum Gasteiger partial charge on any atom is 0.260 e. The fourth-order valence-electron chi connectivity index (χ4n) is 2.50. The summed E-state index contributed by atoms with van der Waals surface area (Å²) in [6.45, 7) is 2.79. The molecule has 0 bridgehead atoms. The Morgan fingerprint density at radius 1 is 1.45 bits per heavy atom. The average molecular weight is 278 g/mol. The Bertz CT molecular complexity index is 464. The van der Waals surface area contributed by atoms with Crippen molar-refractivity contribution in [1.29, 1.82) is 0 Å². The topological polar surface area (TPSA) is 64.8 Å². The Labute approximate surface area is 119 Å². The summed E-state index contributed by atoms with van der Waals surface area (Å²) in [6.07, 6.45) is 1.71. The molecule has 5 heteroatoms. The number of likely N-dealkylation sites (tertiary alicyclic amines) is 1. The second-order valence-corrected chi connectivity index (χ2v) is 5.19. The second kappa shape index (κ2) is 6.61. The summed E-state index contributed by atoms with van der Waals surface area (Å²) < 4.78 is 10.7. The summed E-state index contributed by atoms with van der Waals surface area (Å²) in [6, 6.07) is 7.63. The number of methoxy groups -OCH3 is 1. The number of ether oxygens (including phenoxy) is 2. The van der Waals surface area contributed by atoms with Crippen LogP contribution in [0.5, 0.6) is 11.5 Å². The molecule has 1 heterocycles. The van der Waals surface area contributed by atoms with Gasteiger partial charge in [0.25, 0.3) is 5.91 Å². The van der Waals surface area contributed by atoms with Crippen molar-refractivity contribution in [1.82, 2.24) is 4.90 Å². The largest absolute Gasteiger partial charge is 0.497 e. The van der Waals surface area contributed by atoms with Gasteiger partial charge >= 0.3 is 0 Å². The number of carbonyl (C=O) groups is 1. The van der Waals surface area contributed by atoms with Gasteiger partial charge in [0, 0.05) is 24.7 Å². The van der Waals surface area contributed by atoms with Crippen molar-refractivity contribution < 1.29 is 14.3 Å². The highest BCUT2D eigenvalue weighted by Crippen LogP contribution is 2.20. The Hall–Kier alpha value is -1.75. The molecule has 5 nitrogen and oxygen atoms in total. The third kappa shape index (κ3) is 3.63. The lowest BCUT2D eigenvalue weighted by molar-refractivity contribution is -0.136. The molecule has 0 radical (unpaired) electrons. The Morgan fingerprint density at radius 2 is 2.20 bits per heavy atom. The second-order valence-electron chi connectivity index (χ2n) is 5.19. The first-order valence-corrected chi connectivity index (χ1v) is 6.92. The van der Waals surface area contributed by atoms with Gasteiger partial charge in [-0.05, 0) is 31.9 Å². The zero-order chi connectivity index (χ0) is 14.5.